The maximum absolute atomic E-state index is 13.3. The number of carbonyl (C=O) groups excluding carboxylic acids is 2. The van der Waals surface area contributed by atoms with Crippen molar-refractivity contribution in [2.24, 2.45) is 5.41 Å². The lowest BCUT2D eigenvalue weighted by Gasteiger charge is -2.54. The molecule has 0 radical (unpaired) electrons. The van der Waals surface area contributed by atoms with Crippen molar-refractivity contribution in [2.75, 3.05) is 12.4 Å². The van der Waals surface area contributed by atoms with E-state index in [1.165, 1.54) is 27.8 Å². The monoisotopic (exact) mass is 631 g/mol. The third kappa shape index (κ3) is 7.14. The fourth-order valence-corrected chi connectivity index (χ4v) is 7.68. The SMILES string of the molecule is C=C1C(NC(=O)COc2ccc3c(c2)CCc2c-3[nH]c3ccccc23)C2SCC(CC)=C(C(=O)CC(C)(C)C)N12.CC.O=CO. The lowest BCUT2D eigenvalue weighted by molar-refractivity contribution is -0.125. The van der Waals surface area contributed by atoms with Crippen LogP contribution < -0.4 is 10.1 Å². The molecule has 1 saturated heterocycles. The molecule has 3 aliphatic rings. The summed E-state index contributed by atoms with van der Waals surface area (Å²) in [6, 6.07) is 14.3. The molecule has 6 rings (SSSR count). The standard InChI is InChI=1S/C33H37N3O3S.C2H6.CH2O2/c1-6-20-18-40-32-29(19(2)36(32)31(20)27(37)16-33(3,4)5)35-28(38)17-39-22-12-14-23-21(15-22)11-13-25-24-9-7-8-10-26(24)34-30(23)25;1-2;2-1-3/h7-10,12,14-15,29,32,34H,2,6,11,13,16-18H2,1,3-5H3,(H,35,38);1-2H3;1H,(H,2,3). The number of H-pyrrole nitrogens is 1. The number of aromatic amines is 1. The topological polar surface area (TPSA) is 112 Å². The van der Waals surface area contributed by atoms with E-state index in [1.807, 2.05) is 19.9 Å². The molecule has 1 aliphatic carbocycles. The number of ketones is 1. The van der Waals surface area contributed by atoms with Crippen molar-refractivity contribution in [2.45, 2.75) is 78.6 Å². The highest BCUT2D eigenvalue weighted by atomic mass is 32.2. The largest absolute Gasteiger partial charge is 0.484 e. The first kappa shape index (κ1) is 33.9. The Bertz CT molecular complexity index is 1620. The third-order valence-electron chi connectivity index (χ3n) is 8.08. The lowest BCUT2D eigenvalue weighted by Crippen LogP contribution is -2.64. The van der Waals surface area contributed by atoms with Gasteiger partial charge in [0.1, 0.15) is 11.1 Å². The fraction of sp³-hybridized carbons (Fsp3) is 0.417. The van der Waals surface area contributed by atoms with E-state index in [0.29, 0.717) is 12.2 Å². The van der Waals surface area contributed by atoms with Crippen LogP contribution in [0.2, 0.25) is 0 Å². The van der Waals surface area contributed by atoms with E-state index < -0.39 is 0 Å². The second kappa shape index (κ2) is 14.4. The second-order valence-electron chi connectivity index (χ2n) is 12.3. The Morgan fingerprint density at radius 1 is 1.18 bits per heavy atom. The van der Waals surface area contributed by atoms with Gasteiger partial charge in [-0.25, -0.2) is 0 Å². The average molecular weight is 632 g/mol. The van der Waals surface area contributed by atoms with E-state index in [0.717, 1.165) is 47.5 Å². The molecule has 1 fully saturated rings. The van der Waals surface area contributed by atoms with Gasteiger partial charge in [0.05, 0.1) is 11.7 Å². The summed E-state index contributed by atoms with van der Waals surface area (Å²) < 4.78 is 5.93. The zero-order valence-corrected chi connectivity index (χ0v) is 28.0. The van der Waals surface area contributed by atoms with E-state index in [9.17, 15) is 9.59 Å². The molecule has 3 aromatic rings. The number of aryl methyl sites for hydroxylation is 2. The van der Waals surface area contributed by atoms with E-state index in [-0.39, 0.29) is 41.6 Å². The molecule has 2 unspecified atom stereocenters. The summed E-state index contributed by atoms with van der Waals surface area (Å²) in [6.45, 7) is 16.3. The number of allylic oxidation sites excluding steroid dienone is 1. The Kier molecular flexibility index (Phi) is 10.9. The number of fused-ring (bicyclic) bond motifs is 6. The Labute approximate surface area is 270 Å². The summed E-state index contributed by atoms with van der Waals surface area (Å²) in [5, 5.41) is 11.3. The number of hydrogen-bond acceptors (Lipinski definition) is 6. The minimum atomic E-state index is -0.250. The molecule has 8 nitrogen and oxygen atoms in total. The van der Waals surface area contributed by atoms with Crippen LogP contribution in [0, 0.1) is 5.41 Å². The van der Waals surface area contributed by atoms with Crippen molar-refractivity contribution in [3.63, 3.8) is 0 Å². The van der Waals surface area contributed by atoms with Crippen LogP contribution in [0.1, 0.15) is 65.5 Å². The Balaban J connectivity index is 0.000000871. The highest BCUT2D eigenvalue weighted by Gasteiger charge is 2.49. The maximum Gasteiger partial charge on any atom is 0.290 e. The molecule has 2 aliphatic heterocycles. The highest BCUT2D eigenvalue weighted by molar-refractivity contribution is 8.00. The number of benzene rings is 2. The van der Waals surface area contributed by atoms with Crippen LogP contribution in [0.3, 0.4) is 0 Å². The van der Waals surface area contributed by atoms with Crippen molar-refractivity contribution in [1.82, 2.24) is 15.2 Å². The van der Waals surface area contributed by atoms with Crippen LogP contribution in [0.4, 0.5) is 0 Å². The van der Waals surface area contributed by atoms with Gasteiger partial charge in [-0.05, 0) is 65.6 Å². The Morgan fingerprint density at radius 2 is 1.89 bits per heavy atom. The molecule has 9 heteroatoms. The zero-order chi connectivity index (χ0) is 32.9. The van der Waals surface area contributed by atoms with Crippen molar-refractivity contribution in [3.05, 3.63) is 77.1 Å². The number of carbonyl (C=O) groups is 3. The van der Waals surface area contributed by atoms with Gasteiger partial charge in [0.2, 0.25) is 0 Å². The van der Waals surface area contributed by atoms with Crippen LogP contribution in [0.5, 0.6) is 5.75 Å². The number of carboxylic acid groups (broad SMARTS) is 1. The van der Waals surface area contributed by atoms with Gasteiger partial charge in [-0.15, -0.1) is 11.8 Å². The molecule has 0 saturated carbocycles. The number of amides is 1. The van der Waals surface area contributed by atoms with E-state index >= 15 is 0 Å². The molecule has 3 heterocycles. The van der Waals surface area contributed by atoms with Gasteiger partial charge in [-0.3, -0.25) is 14.4 Å². The van der Waals surface area contributed by atoms with Gasteiger partial charge in [-0.1, -0.05) is 66.3 Å². The Morgan fingerprint density at radius 3 is 2.58 bits per heavy atom. The summed E-state index contributed by atoms with van der Waals surface area (Å²) in [4.78, 5) is 40.2. The highest BCUT2D eigenvalue weighted by Crippen LogP contribution is 2.46. The number of Topliss-reactive ketones (excluding diaryl/α,β-unsaturated/α-hetero) is 1. The van der Waals surface area contributed by atoms with Gasteiger partial charge in [-0.2, -0.15) is 0 Å². The quantitative estimate of drug-likeness (QED) is 0.239. The molecule has 45 heavy (non-hydrogen) atoms. The molecule has 2 atom stereocenters. The summed E-state index contributed by atoms with van der Waals surface area (Å²) in [5.41, 5.74) is 8.79. The van der Waals surface area contributed by atoms with Crippen LogP contribution in [-0.2, 0) is 27.2 Å². The van der Waals surface area contributed by atoms with Gasteiger partial charge in [0.25, 0.3) is 12.4 Å². The summed E-state index contributed by atoms with van der Waals surface area (Å²) >= 11 is 1.76. The zero-order valence-electron chi connectivity index (χ0n) is 27.2. The first-order chi connectivity index (χ1) is 21.6. The van der Waals surface area contributed by atoms with Gasteiger partial charge in [0, 0.05) is 40.0 Å². The molecule has 240 valence electrons. The maximum atomic E-state index is 13.3. The van der Waals surface area contributed by atoms with E-state index in [4.69, 9.17) is 14.6 Å². The van der Waals surface area contributed by atoms with Crippen molar-refractivity contribution in [3.8, 4) is 17.0 Å². The van der Waals surface area contributed by atoms with Gasteiger partial charge < -0.3 is 25.0 Å². The number of hydrogen-bond donors (Lipinski definition) is 3. The molecule has 3 N–H and O–H groups in total. The number of aromatic nitrogens is 1. The number of nitrogens with one attached hydrogen (secondary N) is 2. The molecular formula is C36H45N3O5S. The lowest BCUT2D eigenvalue weighted by atomic mass is 9.86. The summed E-state index contributed by atoms with van der Waals surface area (Å²) in [5.74, 6) is 1.47. The molecule has 1 aromatic heterocycles. The van der Waals surface area contributed by atoms with Crippen molar-refractivity contribution in [1.29, 1.82) is 0 Å². The van der Waals surface area contributed by atoms with Crippen LogP contribution in [0.15, 0.2) is 66.0 Å². The second-order valence-corrected chi connectivity index (χ2v) is 13.4. The minimum absolute atomic E-state index is 0.0140. The van der Waals surface area contributed by atoms with Gasteiger partial charge >= 0.3 is 0 Å². The van der Waals surface area contributed by atoms with E-state index in [1.54, 1.807) is 11.8 Å². The molecule has 0 bridgehead atoms. The first-order valence-corrected chi connectivity index (χ1v) is 16.7. The van der Waals surface area contributed by atoms with E-state index in [2.05, 4.69) is 85.9 Å². The van der Waals surface area contributed by atoms with Crippen molar-refractivity contribution < 1.29 is 24.2 Å². The molecular weight excluding hydrogens is 586 g/mol. The number of rotatable bonds is 7. The summed E-state index contributed by atoms with van der Waals surface area (Å²) in [7, 11) is 0. The number of nitrogens with zero attached hydrogens (tertiary/aromatic N) is 1. The molecule has 0 spiro atoms. The average Bonchev–Trinajstić information content (AvgIpc) is 3.41. The normalized spacial score (nSPS) is 18.2. The summed E-state index contributed by atoms with van der Waals surface area (Å²) in [6.07, 6.45) is 3.24. The molecule has 1 amide bonds. The van der Waals surface area contributed by atoms with Crippen molar-refractivity contribution >= 4 is 40.8 Å². The van der Waals surface area contributed by atoms with Crippen LogP contribution in [0.25, 0.3) is 22.2 Å². The predicted octanol–water partition coefficient (Wildman–Crippen LogP) is 7.10. The van der Waals surface area contributed by atoms with Crippen LogP contribution >= 0.6 is 11.8 Å². The third-order valence-corrected chi connectivity index (χ3v) is 9.42. The minimum Gasteiger partial charge on any atom is -0.484 e. The number of thioether (sulfide) groups is 1. The molecule has 2 aromatic carbocycles. The predicted molar refractivity (Wildman–Crippen MR) is 182 cm³/mol. The van der Waals surface area contributed by atoms with Gasteiger partial charge in [0.15, 0.2) is 12.4 Å². The number of para-hydroxylation sites is 1. The van der Waals surface area contributed by atoms with Crippen LogP contribution in [-0.4, -0.2) is 56.9 Å². The number of ether oxygens (including phenoxy) is 1. The fourth-order valence-electron chi connectivity index (χ4n) is 6.16. The first-order valence-electron chi connectivity index (χ1n) is 15.6. The smallest absolute Gasteiger partial charge is 0.290 e. The Hall–Kier alpha value is -3.98.